The van der Waals surface area contributed by atoms with Crippen molar-refractivity contribution in [3.8, 4) is 11.5 Å². The Labute approximate surface area is 241 Å². The molecule has 1 aliphatic rings. The summed E-state index contributed by atoms with van der Waals surface area (Å²) < 4.78 is 11.1. The highest BCUT2D eigenvalue weighted by atomic mass is 16.6. The summed E-state index contributed by atoms with van der Waals surface area (Å²) in [7, 11) is 0. The van der Waals surface area contributed by atoms with Gasteiger partial charge in [0.1, 0.15) is 11.5 Å². The molecule has 0 atom stereocenters. The Bertz CT molecular complexity index is 1150. The molecule has 2 heterocycles. The fraction of sp³-hybridized carbons (Fsp3) is 0.571. The summed E-state index contributed by atoms with van der Waals surface area (Å²) in [5.41, 5.74) is 3.76. The molecule has 218 valence electrons. The molecule has 1 fully saturated rings. The second-order valence-electron chi connectivity index (χ2n) is 11.4. The van der Waals surface area contributed by atoms with Crippen LogP contribution in [0.1, 0.15) is 135 Å². The summed E-state index contributed by atoms with van der Waals surface area (Å²) in [5, 5.41) is 0. The molecule has 0 bridgehead atoms. The molecule has 0 spiro atoms. The molecule has 1 aromatic heterocycles. The number of allylic oxidation sites excluding steroid dienone is 2. The molecule has 5 nitrogen and oxygen atoms in total. The van der Waals surface area contributed by atoms with E-state index in [2.05, 4.69) is 6.92 Å². The largest absolute Gasteiger partial charge is 0.441 e. The minimum absolute atomic E-state index is 0.353. The zero-order valence-corrected chi connectivity index (χ0v) is 25.3. The Balaban J connectivity index is 1.54. The summed E-state index contributed by atoms with van der Waals surface area (Å²) >= 11 is 0. The Morgan fingerprint density at radius 3 is 1.73 bits per heavy atom. The van der Waals surface area contributed by atoms with Crippen molar-refractivity contribution in [1.29, 1.82) is 0 Å². The average molecular weight is 548 g/mol. The molecule has 2 aromatic rings. The quantitative estimate of drug-likeness (QED) is 0.0803. The van der Waals surface area contributed by atoms with Crippen LogP contribution in [0.5, 0.6) is 0 Å². The van der Waals surface area contributed by atoms with Gasteiger partial charge in [-0.2, -0.15) is 0 Å². The number of hydrogen-bond acceptors (Lipinski definition) is 5. The molecule has 0 unspecified atom stereocenters. The number of ether oxygens (including phenoxy) is 1. The third-order valence-electron chi connectivity index (χ3n) is 7.78. The van der Waals surface area contributed by atoms with Crippen molar-refractivity contribution < 1.29 is 18.7 Å². The van der Waals surface area contributed by atoms with Crippen molar-refractivity contribution in [2.45, 2.75) is 130 Å². The minimum Gasteiger partial charge on any atom is -0.441 e. The lowest BCUT2D eigenvalue weighted by Gasteiger charge is -2.10. The number of benzene rings is 1. The van der Waals surface area contributed by atoms with Crippen molar-refractivity contribution >= 4 is 17.5 Å². The molecular formula is C35H49NO4. The number of aromatic nitrogens is 1. The van der Waals surface area contributed by atoms with Gasteiger partial charge in [0.2, 0.25) is 5.89 Å². The van der Waals surface area contributed by atoms with Crippen LogP contribution in [0.25, 0.3) is 17.0 Å². The van der Waals surface area contributed by atoms with Gasteiger partial charge in [0, 0.05) is 5.56 Å². The Morgan fingerprint density at radius 2 is 1.20 bits per heavy atom. The minimum atomic E-state index is -0.583. The molecule has 1 aliphatic heterocycles. The lowest BCUT2D eigenvalue weighted by atomic mass is 9.92. The normalized spacial score (nSPS) is 14.7. The maximum absolute atomic E-state index is 12.9. The van der Waals surface area contributed by atoms with E-state index >= 15 is 0 Å². The van der Waals surface area contributed by atoms with E-state index < -0.39 is 11.9 Å². The highest BCUT2D eigenvalue weighted by Crippen LogP contribution is 2.37. The predicted octanol–water partition coefficient (Wildman–Crippen LogP) is 10.1. The van der Waals surface area contributed by atoms with E-state index in [0.29, 0.717) is 34.9 Å². The van der Waals surface area contributed by atoms with Crippen LogP contribution in [0.3, 0.4) is 0 Å². The van der Waals surface area contributed by atoms with E-state index in [1.807, 2.05) is 51.1 Å². The number of unbranched alkanes of at least 4 members (excludes halogenated alkanes) is 14. The summed E-state index contributed by atoms with van der Waals surface area (Å²) in [5.74, 6) is 0.000876. The van der Waals surface area contributed by atoms with Crippen molar-refractivity contribution in [3.63, 3.8) is 0 Å². The standard InChI is InChI=1S/C35H49NO4/c1-5-6-7-8-9-10-11-12-13-14-15-16-17-18-22-25-29(31-30(26(2)3)34(37)40-35(31)38)32-27(4)39-33(36-32)28-23-20-19-21-24-28/h19-21,23-24H,5-18,22,25H2,1-4H3/b31-29+. The Kier molecular flexibility index (Phi) is 13.4. The maximum Gasteiger partial charge on any atom is 0.347 e. The number of oxazole rings is 1. The highest BCUT2D eigenvalue weighted by Gasteiger charge is 2.38. The van der Waals surface area contributed by atoms with Gasteiger partial charge in [0.15, 0.2) is 0 Å². The smallest absolute Gasteiger partial charge is 0.347 e. The summed E-state index contributed by atoms with van der Waals surface area (Å²) in [4.78, 5) is 30.2. The van der Waals surface area contributed by atoms with Crippen molar-refractivity contribution in [1.82, 2.24) is 4.98 Å². The molecule has 0 saturated carbocycles. The number of nitrogens with zero attached hydrogens (tertiary/aromatic N) is 1. The van der Waals surface area contributed by atoms with Gasteiger partial charge >= 0.3 is 11.9 Å². The van der Waals surface area contributed by atoms with Gasteiger partial charge in [0.25, 0.3) is 0 Å². The van der Waals surface area contributed by atoms with Crippen LogP contribution in [0.2, 0.25) is 0 Å². The van der Waals surface area contributed by atoms with Crippen LogP contribution in [0.4, 0.5) is 0 Å². The number of carbonyl (C=O) groups excluding carboxylic acids is 2. The fourth-order valence-electron chi connectivity index (χ4n) is 5.53. The van der Waals surface area contributed by atoms with E-state index in [0.717, 1.165) is 29.6 Å². The lowest BCUT2D eigenvalue weighted by molar-refractivity contribution is -0.149. The second kappa shape index (κ2) is 17.0. The molecule has 3 rings (SSSR count). The van der Waals surface area contributed by atoms with E-state index in [1.165, 1.54) is 83.5 Å². The van der Waals surface area contributed by atoms with Crippen LogP contribution in [-0.4, -0.2) is 16.9 Å². The molecule has 0 radical (unpaired) electrons. The number of rotatable bonds is 18. The highest BCUT2D eigenvalue weighted by molar-refractivity contribution is 6.22. The summed E-state index contributed by atoms with van der Waals surface area (Å²) in [6.45, 7) is 7.82. The van der Waals surface area contributed by atoms with E-state index in [1.54, 1.807) is 0 Å². The number of carbonyl (C=O) groups is 2. The SMILES string of the molecule is CCCCCCCCCCCCCCCCC/C(=C1\C(=O)OC(=O)C1=C(C)C)c1nc(-c2ccccc2)oc1C. The Hall–Kier alpha value is -2.95. The maximum atomic E-state index is 12.9. The first kappa shape index (κ1) is 31.6. The lowest BCUT2D eigenvalue weighted by Crippen LogP contribution is -2.03. The fourth-order valence-corrected chi connectivity index (χ4v) is 5.53. The van der Waals surface area contributed by atoms with Crippen LogP contribution in [0, 0.1) is 6.92 Å². The van der Waals surface area contributed by atoms with Gasteiger partial charge in [0.05, 0.1) is 11.1 Å². The molecule has 0 amide bonds. The molecule has 1 aromatic carbocycles. The monoisotopic (exact) mass is 547 g/mol. The van der Waals surface area contributed by atoms with Gasteiger partial charge in [-0.15, -0.1) is 0 Å². The topological polar surface area (TPSA) is 69.4 Å². The molecule has 0 N–H and O–H groups in total. The molecule has 5 heteroatoms. The first-order chi connectivity index (χ1) is 19.4. The number of aryl methyl sites for hydroxylation is 1. The van der Waals surface area contributed by atoms with E-state index in [9.17, 15) is 9.59 Å². The zero-order chi connectivity index (χ0) is 28.7. The van der Waals surface area contributed by atoms with Crippen molar-refractivity contribution in [2.24, 2.45) is 0 Å². The van der Waals surface area contributed by atoms with Crippen molar-refractivity contribution in [3.05, 3.63) is 58.5 Å². The number of hydrogen-bond donors (Lipinski definition) is 0. The van der Waals surface area contributed by atoms with Gasteiger partial charge in [-0.25, -0.2) is 14.6 Å². The van der Waals surface area contributed by atoms with Gasteiger partial charge in [-0.1, -0.05) is 121 Å². The third-order valence-corrected chi connectivity index (χ3v) is 7.78. The Morgan fingerprint density at radius 1 is 0.700 bits per heavy atom. The molecule has 40 heavy (non-hydrogen) atoms. The van der Waals surface area contributed by atoms with E-state index in [4.69, 9.17) is 14.1 Å². The average Bonchev–Trinajstić information content (AvgIpc) is 3.47. The summed E-state index contributed by atoms with van der Waals surface area (Å²) in [6, 6.07) is 9.73. The third kappa shape index (κ3) is 9.31. The van der Waals surface area contributed by atoms with Gasteiger partial charge < -0.3 is 9.15 Å². The van der Waals surface area contributed by atoms with Crippen LogP contribution in [0.15, 0.2) is 51.5 Å². The van der Waals surface area contributed by atoms with Crippen LogP contribution in [-0.2, 0) is 14.3 Å². The van der Waals surface area contributed by atoms with Gasteiger partial charge in [-0.05, 0) is 51.3 Å². The predicted molar refractivity (Wildman–Crippen MR) is 163 cm³/mol. The molecular weight excluding hydrogens is 498 g/mol. The number of cyclic esters (lactones) is 2. The molecule has 1 saturated heterocycles. The van der Waals surface area contributed by atoms with Crippen LogP contribution >= 0.6 is 0 Å². The van der Waals surface area contributed by atoms with E-state index in [-0.39, 0.29) is 0 Å². The summed E-state index contributed by atoms with van der Waals surface area (Å²) in [6.07, 6.45) is 20.1. The zero-order valence-electron chi connectivity index (χ0n) is 25.3. The first-order valence-corrected chi connectivity index (χ1v) is 15.6. The van der Waals surface area contributed by atoms with Crippen LogP contribution < -0.4 is 0 Å². The van der Waals surface area contributed by atoms with Gasteiger partial charge in [-0.3, -0.25) is 0 Å². The van der Waals surface area contributed by atoms with Crippen molar-refractivity contribution in [2.75, 3.05) is 0 Å². The molecule has 0 aliphatic carbocycles. The second-order valence-corrected chi connectivity index (χ2v) is 11.4. The first-order valence-electron chi connectivity index (χ1n) is 15.6. The number of esters is 2.